The zero-order valence-corrected chi connectivity index (χ0v) is 18.8. The minimum absolute atomic E-state index is 0.300. The molecule has 0 aliphatic rings. The number of para-hydroxylation sites is 1. The molecule has 0 aliphatic heterocycles. The predicted molar refractivity (Wildman–Crippen MR) is 124 cm³/mol. The number of rotatable bonds is 6. The van der Waals surface area contributed by atoms with E-state index in [0.717, 1.165) is 27.3 Å². The third-order valence-corrected chi connectivity index (χ3v) is 5.11. The van der Waals surface area contributed by atoms with Crippen LogP contribution in [0.25, 0.3) is 10.2 Å². The number of fused-ring (bicyclic) bond motifs is 1. The number of hydrogen-bond acceptors (Lipinski definition) is 6. The van der Waals surface area contributed by atoms with Crippen molar-refractivity contribution in [3.8, 4) is 22.4 Å². The fraction of sp³-hybridized carbons (Fsp3) is 0.200. The van der Waals surface area contributed by atoms with E-state index < -0.39 is 0 Å². The summed E-state index contributed by atoms with van der Waals surface area (Å²) in [6, 6.07) is 22.8. The molecule has 0 aliphatic carbocycles. The molecule has 0 N–H and O–H groups in total. The molecule has 31 heavy (non-hydrogen) atoms. The van der Waals surface area contributed by atoms with Crippen LogP contribution in [0.5, 0.6) is 22.4 Å². The summed E-state index contributed by atoms with van der Waals surface area (Å²) in [6.45, 7) is 7.25. The molecule has 0 saturated heterocycles. The average Bonchev–Trinajstić information content (AvgIpc) is 3.18. The highest BCUT2D eigenvalue weighted by Crippen LogP contribution is 2.34. The van der Waals surface area contributed by atoms with E-state index in [1.54, 1.807) is 0 Å². The largest absolute Gasteiger partial charge is 0.458 e. The Morgan fingerprint density at radius 2 is 1.48 bits per heavy atom. The molecule has 0 amide bonds. The molecule has 1 atom stereocenters. The lowest BCUT2D eigenvalue weighted by molar-refractivity contribution is -0.145. The number of ether oxygens (including phenoxy) is 3. The summed E-state index contributed by atoms with van der Waals surface area (Å²) in [5.74, 6) is 1.90. The molecule has 0 fully saturated rings. The van der Waals surface area contributed by atoms with Crippen LogP contribution in [0, 0.1) is 0 Å². The van der Waals surface area contributed by atoms with E-state index >= 15 is 0 Å². The summed E-state index contributed by atoms with van der Waals surface area (Å²) in [7, 11) is 0. The number of benzene rings is 3. The first-order valence-electron chi connectivity index (χ1n) is 10.2. The fourth-order valence-corrected chi connectivity index (χ4v) is 3.72. The molecule has 4 rings (SSSR count). The van der Waals surface area contributed by atoms with Crippen molar-refractivity contribution in [2.24, 2.45) is 0 Å². The number of nitrogens with zero attached hydrogens (tertiary/aromatic N) is 1. The summed E-state index contributed by atoms with van der Waals surface area (Å²) in [6.07, 6.45) is -0.305. The van der Waals surface area contributed by atoms with Crippen molar-refractivity contribution in [2.75, 3.05) is 0 Å². The molecule has 6 heteroatoms. The predicted octanol–water partition coefficient (Wildman–Crippen LogP) is 7.53. The van der Waals surface area contributed by atoms with E-state index in [1.807, 2.05) is 93.6 Å². The van der Waals surface area contributed by atoms with Crippen molar-refractivity contribution in [2.45, 2.75) is 33.8 Å². The maximum atomic E-state index is 11.2. The van der Waals surface area contributed by atoms with Crippen molar-refractivity contribution in [1.82, 2.24) is 4.98 Å². The van der Waals surface area contributed by atoms with Gasteiger partial charge in [0.05, 0.1) is 10.2 Å². The first-order chi connectivity index (χ1) is 15.1. The summed E-state index contributed by atoms with van der Waals surface area (Å²) >= 11 is 1.44. The maximum Gasteiger partial charge on any atom is 0.303 e. The Morgan fingerprint density at radius 3 is 2.13 bits per heavy atom. The third-order valence-electron chi connectivity index (χ3n) is 4.21. The van der Waals surface area contributed by atoms with Crippen LogP contribution in [-0.2, 0) is 9.53 Å². The maximum absolute atomic E-state index is 11.2. The SMILES string of the molecule is CC.CC(=O)OC(C)c1ccc2nc(Oc3ccc(Oc4ccccc4)cc3)sc2c1. The van der Waals surface area contributed by atoms with Crippen molar-refractivity contribution in [3.63, 3.8) is 0 Å². The van der Waals surface area contributed by atoms with Crippen molar-refractivity contribution in [1.29, 1.82) is 0 Å². The van der Waals surface area contributed by atoms with E-state index in [1.165, 1.54) is 18.3 Å². The Morgan fingerprint density at radius 1 is 0.871 bits per heavy atom. The van der Waals surface area contributed by atoms with Gasteiger partial charge >= 0.3 is 5.97 Å². The topological polar surface area (TPSA) is 57.7 Å². The fourth-order valence-electron chi connectivity index (χ4n) is 2.83. The zero-order chi connectivity index (χ0) is 22.2. The Bertz CT molecular complexity index is 1120. The van der Waals surface area contributed by atoms with E-state index in [9.17, 15) is 4.79 Å². The smallest absolute Gasteiger partial charge is 0.303 e. The van der Waals surface area contributed by atoms with E-state index in [4.69, 9.17) is 14.2 Å². The summed E-state index contributed by atoms with van der Waals surface area (Å²) in [5.41, 5.74) is 1.76. The highest BCUT2D eigenvalue weighted by atomic mass is 32.1. The Hall–Kier alpha value is -3.38. The van der Waals surface area contributed by atoms with E-state index in [-0.39, 0.29) is 12.1 Å². The number of carbonyl (C=O) groups is 1. The molecular weight excluding hydrogens is 410 g/mol. The summed E-state index contributed by atoms with van der Waals surface area (Å²) in [4.78, 5) is 15.7. The molecule has 1 aromatic heterocycles. The molecule has 4 aromatic rings. The molecule has 3 aromatic carbocycles. The molecule has 5 nitrogen and oxygen atoms in total. The first kappa shape index (κ1) is 22.3. The van der Waals surface area contributed by atoms with Gasteiger partial charge in [0.2, 0.25) is 0 Å². The second kappa shape index (κ2) is 10.6. The van der Waals surface area contributed by atoms with Gasteiger partial charge in [0.25, 0.3) is 5.19 Å². The lowest BCUT2D eigenvalue weighted by atomic mass is 10.1. The van der Waals surface area contributed by atoms with Crippen LogP contribution in [-0.4, -0.2) is 11.0 Å². The van der Waals surface area contributed by atoms with Crippen LogP contribution in [0.3, 0.4) is 0 Å². The minimum atomic E-state index is -0.305. The number of hydrogen-bond donors (Lipinski definition) is 0. The molecule has 0 spiro atoms. The zero-order valence-electron chi connectivity index (χ0n) is 18.0. The van der Waals surface area contributed by atoms with Gasteiger partial charge in [-0.1, -0.05) is 49.4 Å². The molecule has 1 unspecified atom stereocenters. The summed E-state index contributed by atoms with van der Waals surface area (Å²) in [5, 5.41) is 0.550. The number of carbonyl (C=O) groups excluding carboxylic acids is 1. The number of esters is 1. The van der Waals surface area contributed by atoms with Crippen LogP contribution in [0.2, 0.25) is 0 Å². The Labute approximate surface area is 186 Å². The van der Waals surface area contributed by atoms with Gasteiger partial charge in [-0.3, -0.25) is 4.79 Å². The molecule has 0 radical (unpaired) electrons. The standard InChI is InChI=1S/C23H19NO4S.C2H6/c1-15(26-16(2)25)17-8-13-21-22(14-17)29-23(24-21)28-20-11-9-19(10-12-20)27-18-6-4-3-5-7-18;1-2/h3-15H,1-2H3;1-2H3. The number of aromatic nitrogens is 1. The monoisotopic (exact) mass is 435 g/mol. The van der Waals surface area contributed by atoms with Gasteiger partial charge in [0.1, 0.15) is 23.4 Å². The van der Waals surface area contributed by atoms with Crippen LogP contribution < -0.4 is 9.47 Å². The van der Waals surface area contributed by atoms with Gasteiger partial charge in [-0.2, -0.15) is 0 Å². The second-order valence-corrected chi connectivity index (χ2v) is 7.44. The molecular formula is C25H25NO4S. The first-order valence-corrected chi connectivity index (χ1v) is 11.0. The lowest BCUT2D eigenvalue weighted by Crippen LogP contribution is -2.04. The van der Waals surface area contributed by atoms with Crippen LogP contribution >= 0.6 is 11.3 Å². The van der Waals surface area contributed by atoms with Crippen LogP contribution in [0.1, 0.15) is 39.4 Å². The average molecular weight is 436 g/mol. The van der Waals surface area contributed by atoms with E-state index in [2.05, 4.69) is 4.98 Å². The van der Waals surface area contributed by atoms with Gasteiger partial charge in [0, 0.05) is 6.92 Å². The minimum Gasteiger partial charge on any atom is -0.458 e. The summed E-state index contributed by atoms with van der Waals surface area (Å²) < 4.78 is 17.9. The quantitative estimate of drug-likeness (QED) is 0.293. The molecule has 0 bridgehead atoms. The third kappa shape index (κ3) is 6.06. The van der Waals surface area contributed by atoms with Gasteiger partial charge < -0.3 is 14.2 Å². The van der Waals surface area contributed by atoms with Gasteiger partial charge in [-0.25, -0.2) is 4.98 Å². The van der Waals surface area contributed by atoms with Crippen molar-refractivity contribution in [3.05, 3.63) is 78.4 Å². The highest BCUT2D eigenvalue weighted by Gasteiger charge is 2.12. The van der Waals surface area contributed by atoms with Crippen LogP contribution in [0.15, 0.2) is 72.8 Å². The van der Waals surface area contributed by atoms with E-state index in [0.29, 0.717) is 10.9 Å². The molecule has 1 heterocycles. The molecule has 0 saturated carbocycles. The number of thiazole rings is 1. The second-order valence-electron chi connectivity index (χ2n) is 6.45. The van der Waals surface area contributed by atoms with Gasteiger partial charge in [-0.15, -0.1) is 0 Å². The molecule has 160 valence electrons. The van der Waals surface area contributed by atoms with Gasteiger partial charge in [0.15, 0.2) is 0 Å². The van der Waals surface area contributed by atoms with Crippen molar-refractivity contribution >= 4 is 27.5 Å². The Balaban J connectivity index is 0.00000132. The highest BCUT2D eigenvalue weighted by molar-refractivity contribution is 7.20. The normalized spacial score (nSPS) is 11.2. The van der Waals surface area contributed by atoms with Gasteiger partial charge in [-0.05, 0) is 61.0 Å². The Kier molecular flexibility index (Phi) is 7.62. The lowest BCUT2D eigenvalue weighted by Gasteiger charge is -2.11. The van der Waals surface area contributed by atoms with Crippen LogP contribution in [0.4, 0.5) is 0 Å². The van der Waals surface area contributed by atoms with Crippen molar-refractivity contribution < 1.29 is 19.0 Å².